The molecule has 0 unspecified atom stereocenters. The molecule has 19 heavy (non-hydrogen) atoms. The molecule has 2 aromatic rings. The van der Waals surface area contributed by atoms with Crippen LogP contribution in [0.1, 0.15) is 51.7 Å². The molecular formula is C15H17NO3. The molecule has 0 spiro atoms. The third kappa shape index (κ3) is 2.26. The van der Waals surface area contributed by atoms with E-state index in [1.165, 1.54) is 13.8 Å². The number of Topliss-reactive ketones (excluding diaryl/α,β-unsaturated/α-hetero) is 2. The number of nitrogens with zero attached hydrogens (tertiary/aromatic N) is 1. The van der Waals surface area contributed by atoms with E-state index < -0.39 is 0 Å². The second kappa shape index (κ2) is 4.88. The number of hydrogen-bond donors (Lipinski definition) is 0. The van der Waals surface area contributed by atoms with Crippen molar-refractivity contribution in [2.24, 2.45) is 0 Å². The zero-order chi connectivity index (χ0) is 14.2. The number of furan rings is 1. The Kier molecular flexibility index (Phi) is 3.42. The quantitative estimate of drug-likeness (QED) is 0.792. The van der Waals surface area contributed by atoms with Crippen LogP contribution in [0.5, 0.6) is 0 Å². The molecule has 2 heterocycles. The summed E-state index contributed by atoms with van der Waals surface area (Å²) in [6.45, 7) is 7.23. The molecule has 4 nitrogen and oxygen atoms in total. The van der Waals surface area contributed by atoms with E-state index in [2.05, 4.69) is 0 Å². The zero-order valence-corrected chi connectivity index (χ0v) is 11.6. The first kappa shape index (κ1) is 13.3. The lowest BCUT2D eigenvalue weighted by molar-refractivity contribution is 0.0981. The number of ketones is 2. The van der Waals surface area contributed by atoms with E-state index in [0.29, 0.717) is 17.7 Å². The smallest absolute Gasteiger partial charge is 0.162 e. The second-order valence-corrected chi connectivity index (χ2v) is 4.70. The molecule has 0 aliphatic rings. The minimum Gasteiger partial charge on any atom is -0.467 e. The normalized spacial score (nSPS) is 10.7. The first-order chi connectivity index (χ1) is 8.93. The Bertz CT molecular complexity index is 595. The summed E-state index contributed by atoms with van der Waals surface area (Å²) in [6.07, 6.45) is 1.61. The maximum atomic E-state index is 11.8. The van der Waals surface area contributed by atoms with Gasteiger partial charge in [0.15, 0.2) is 11.6 Å². The molecule has 0 atom stereocenters. The van der Waals surface area contributed by atoms with Crippen molar-refractivity contribution in [3.05, 3.63) is 46.7 Å². The fourth-order valence-corrected chi connectivity index (χ4v) is 2.54. The highest BCUT2D eigenvalue weighted by Crippen LogP contribution is 2.24. The van der Waals surface area contributed by atoms with Crippen LogP contribution in [-0.4, -0.2) is 16.1 Å². The van der Waals surface area contributed by atoms with Crippen molar-refractivity contribution >= 4 is 11.6 Å². The van der Waals surface area contributed by atoms with Crippen molar-refractivity contribution in [2.75, 3.05) is 0 Å². The van der Waals surface area contributed by atoms with E-state index in [9.17, 15) is 9.59 Å². The molecule has 0 saturated carbocycles. The number of rotatable bonds is 4. The largest absolute Gasteiger partial charge is 0.467 e. The van der Waals surface area contributed by atoms with Crippen molar-refractivity contribution in [1.82, 2.24) is 4.57 Å². The summed E-state index contributed by atoms with van der Waals surface area (Å²) in [4.78, 5) is 23.5. The van der Waals surface area contributed by atoms with Gasteiger partial charge < -0.3 is 8.98 Å². The van der Waals surface area contributed by atoms with Gasteiger partial charge in [0, 0.05) is 22.5 Å². The topological polar surface area (TPSA) is 52.2 Å². The maximum Gasteiger partial charge on any atom is 0.162 e. The van der Waals surface area contributed by atoms with Crippen molar-refractivity contribution in [3.8, 4) is 0 Å². The van der Waals surface area contributed by atoms with E-state index >= 15 is 0 Å². The van der Waals surface area contributed by atoms with Gasteiger partial charge in [-0.25, -0.2) is 0 Å². The predicted molar refractivity (Wildman–Crippen MR) is 71.7 cm³/mol. The monoisotopic (exact) mass is 259 g/mol. The standard InChI is InChI=1S/C15H17NO3/c1-9-14(11(3)17)15(12(4)18)10(2)16(9)8-13-6-5-7-19-13/h5-7H,8H2,1-4H3. The third-order valence-corrected chi connectivity index (χ3v) is 3.38. The van der Waals surface area contributed by atoms with Crippen LogP contribution in [-0.2, 0) is 6.54 Å². The summed E-state index contributed by atoms with van der Waals surface area (Å²) < 4.78 is 7.28. The summed E-state index contributed by atoms with van der Waals surface area (Å²) in [5.41, 5.74) is 2.67. The van der Waals surface area contributed by atoms with Gasteiger partial charge in [0.2, 0.25) is 0 Å². The molecule has 0 N–H and O–H groups in total. The molecule has 0 aromatic carbocycles. The Morgan fingerprint density at radius 3 is 2.00 bits per heavy atom. The van der Waals surface area contributed by atoms with Gasteiger partial charge in [0.25, 0.3) is 0 Å². The molecule has 2 rings (SSSR count). The van der Waals surface area contributed by atoms with Gasteiger partial charge in [-0.3, -0.25) is 9.59 Å². The summed E-state index contributed by atoms with van der Waals surface area (Å²) >= 11 is 0. The van der Waals surface area contributed by atoms with E-state index in [4.69, 9.17) is 4.42 Å². The molecule has 0 bridgehead atoms. The zero-order valence-electron chi connectivity index (χ0n) is 11.6. The Labute approximate surface area is 112 Å². The average Bonchev–Trinajstić information content (AvgIpc) is 2.90. The molecule has 2 aromatic heterocycles. The first-order valence-corrected chi connectivity index (χ1v) is 6.17. The Morgan fingerprint density at radius 2 is 1.63 bits per heavy atom. The van der Waals surface area contributed by atoms with Gasteiger partial charge in [-0.2, -0.15) is 0 Å². The van der Waals surface area contributed by atoms with Gasteiger partial charge >= 0.3 is 0 Å². The van der Waals surface area contributed by atoms with Crippen LogP contribution in [0, 0.1) is 13.8 Å². The Hall–Kier alpha value is -2.10. The molecule has 100 valence electrons. The second-order valence-electron chi connectivity index (χ2n) is 4.70. The lowest BCUT2D eigenvalue weighted by atomic mass is 10.0. The van der Waals surface area contributed by atoms with Crippen LogP contribution >= 0.6 is 0 Å². The van der Waals surface area contributed by atoms with E-state index in [1.807, 2.05) is 30.5 Å². The molecule has 0 saturated heterocycles. The number of carbonyl (C=O) groups is 2. The van der Waals surface area contributed by atoms with Crippen LogP contribution in [0.15, 0.2) is 22.8 Å². The highest BCUT2D eigenvalue weighted by molar-refractivity contribution is 6.09. The predicted octanol–water partition coefficient (Wildman–Crippen LogP) is 3.15. The van der Waals surface area contributed by atoms with Crippen LogP contribution in [0.3, 0.4) is 0 Å². The molecule has 0 amide bonds. The van der Waals surface area contributed by atoms with Gasteiger partial charge in [-0.15, -0.1) is 0 Å². The number of carbonyl (C=O) groups excluding carboxylic acids is 2. The SMILES string of the molecule is CC(=O)c1c(C(C)=O)c(C)n(Cc2ccco2)c1C. The minimum absolute atomic E-state index is 0.0796. The Balaban J connectivity index is 2.59. The summed E-state index contributed by atoms with van der Waals surface area (Å²) in [7, 11) is 0. The van der Waals surface area contributed by atoms with Gasteiger partial charge in [-0.05, 0) is 39.8 Å². The fraction of sp³-hybridized carbons (Fsp3) is 0.333. The molecular weight excluding hydrogens is 242 g/mol. The van der Waals surface area contributed by atoms with Gasteiger partial charge in [-0.1, -0.05) is 0 Å². The highest BCUT2D eigenvalue weighted by atomic mass is 16.3. The van der Waals surface area contributed by atoms with Gasteiger partial charge in [0.05, 0.1) is 12.8 Å². The van der Waals surface area contributed by atoms with Crippen molar-refractivity contribution in [2.45, 2.75) is 34.2 Å². The molecule has 4 heteroatoms. The van der Waals surface area contributed by atoms with Crippen LogP contribution in [0.4, 0.5) is 0 Å². The van der Waals surface area contributed by atoms with Gasteiger partial charge in [0.1, 0.15) is 5.76 Å². The van der Waals surface area contributed by atoms with Crippen LogP contribution in [0.25, 0.3) is 0 Å². The summed E-state index contributed by atoms with van der Waals surface area (Å²) in [6, 6.07) is 3.70. The van der Waals surface area contributed by atoms with E-state index in [-0.39, 0.29) is 11.6 Å². The molecule has 0 aliphatic heterocycles. The molecule has 0 aliphatic carbocycles. The number of aromatic nitrogens is 1. The third-order valence-electron chi connectivity index (χ3n) is 3.38. The Morgan fingerprint density at radius 1 is 1.11 bits per heavy atom. The number of hydrogen-bond acceptors (Lipinski definition) is 3. The molecule has 0 radical (unpaired) electrons. The lowest BCUT2D eigenvalue weighted by Crippen LogP contribution is -2.04. The summed E-state index contributed by atoms with van der Waals surface area (Å²) in [5.74, 6) is 0.638. The van der Waals surface area contributed by atoms with Crippen molar-refractivity contribution in [3.63, 3.8) is 0 Å². The van der Waals surface area contributed by atoms with Crippen LogP contribution in [0.2, 0.25) is 0 Å². The lowest BCUT2D eigenvalue weighted by Gasteiger charge is -2.07. The average molecular weight is 259 g/mol. The maximum absolute atomic E-state index is 11.8. The highest BCUT2D eigenvalue weighted by Gasteiger charge is 2.23. The van der Waals surface area contributed by atoms with Crippen molar-refractivity contribution < 1.29 is 14.0 Å². The summed E-state index contributed by atoms with van der Waals surface area (Å²) in [5, 5.41) is 0. The van der Waals surface area contributed by atoms with Crippen molar-refractivity contribution in [1.29, 1.82) is 0 Å². The van der Waals surface area contributed by atoms with E-state index in [1.54, 1.807) is 6.26 Å². The first-order valence-electron chi connectivity index (χ1n) is 6.17. The fourth-order valence-electron chi connectivity index (χ4n) is 2.54. The van der Waals surface area contributed by atoms with Crippen LogP contribution < -0.4 is 0 Å². The minimum atomic E-state index is -0.0796. The van der Waals surface area contributed by atoms with E-state index in [0.717, 1.165) is 17.1 Å². The molecule has 0 fully saturated rings.